The van der Waals surface area contributed by atoms with Crippen LogP contribution in [0.25, 0.3) is 11.3 Å². The lowest BCUT2D eigenvalue weighted by Gasteiger charge is -2.03. The Labute approximate surface area is 155 Å². The van der Waals surface area contributed by atoms with Gasteiger partial charge in [-0.25, -0.2) is 4.98 Å². The Balaban J connectivity index is 1.57. The van der Waals surface area contributed by atoms with Crippen LogP contribution in [0.5, 0.6) is 0 Å². The number of rotatable bonds is 7. The van der Waals surface area contributed by atoms with Gasteiger partial charge in [0.25, 0.3) is 5.91 Å². The average Bonchev–Trinajstić information content (AvgIpc) is 3.16. The van der Waals surface area contributed by atoms with Gasteiger partial charge in [-0.1, -0.05) is 42.5 Å². The van der Waals surface area contributed by atoms with E-state index in [9.17, 15) is 4.79 Å². The first-order valence-corrected chi connectivity index (χ1v) is 8.93. The molecular weight excluding hydrogens is 348 g/mol. The summed E-state index contributed by atoms with van der Waals surface area (Å²) in [5.74, 6) is -0.211. The largest absolute Gasteiger partial charge is 0.395 e. The second-order valence-corrected chi connectivity index (χ2v) is 6.23. The third-order valence-electron chi connectivity index (χ3n) is 3.52. The first-order chi connectivity index (χ1) is 12.8. The van der Waals surface area contributed by atoms with Crippen molar-refractivity contribution in [3.8, 4) is 11.3 Å². The molecule has 1 aromatic heterocycles. The summed E-state index contributed by atoms with van der Waals surface area (Å²) in [5.41, 5.74) is 6.29. The summed E-state index contributed by atoms with van der Waals surface area (Å²) in [4.78, 5) is 16.3. The van der Waals surface area contributed by atoms with Crippen LogP contribution in [-0.4, -0.2) is 35.4 Å². The number of aromatic nitrogens is 1. The van der Waals surface area contributed by atoms with Gasteiger partial charge >= 0.3 is 0 Å². The van der Waals surface area contributed by atoms with Crippen LogP contribution in [0.2, 0.25) is 0 Å². The fraction of sp³-hybridized carbons (Fsp3) is 0.105. The minimum absolute atomic E-state index is 0.0785. The predicted molar refractivity (Wildman–Crippen MR) is 105 cm³/mol. The van der Waals surface area contributed by atoms with Gasteiger partial charge in [-0.2, -0.15) is 5.10 Å². The van der Waals surface area contributed by atoms with Gasteiger partial charge in [0.2, 0.25) is 5.13 Å². The number of thiazole rings is 1. The number of amides is 1. The van der Waals surface area contributed by atoms with Gasteiger partial charge in [0, 0.05) is 23.1 Å². The Bertz CT molecular complexity index is 876. The van der Waals surface area contributed by atoms with Gasteiger partial charge in [-0.05, 0) is 17.7 Å². The third kappa shape index (κ3) is 4.75. The van der Waals surface area contributed by atoms with E-state index in [1.807, 2.05) is 35.7 Å². The smallest absolute Gasteiger partial charge is 0.251 e. The summed E-state index contributed by atoms with van der Waals surface area (Å²) in [5, 5.41) is 18.2. The number of hydrogen-bond donors (Lipinski definition) is 3. The molecule has 0 saturated carbocycles. The zero-order chi connectivity index (χ0) is 18.2. The molecule has 0 fully saturated rings. The Kier molecular flexibility index (Phi) is 6.08. The number of hydrogen-bond acceptors (Lipinski definition) is 6. The molecule has 0 unspecified atom stereocenters. The summed E-state index contributed by atoms with van der Waals surface area (Å²) in [7, 11) is 0. The molecule has 0 spiro atoms. The molecule has 2 aromatic carbocycles. The first-order valence-electron chi connectivity index (χ1n) is 8.05. The molecule has 6 nitrogen and oxygen atoms in total. The van der Waals surface area contributed by atoms with Gasteiger partial charge in [0.15, 0.2) is 0 Å². The molecule has 3 rings (SSSR count). The molecule has 26 heavy (non-hydrogen) atoms. The Hall–Kier alpha value is -3.03. The summed E-state index contributed by atoms with van der Waals surface area (Å²) >= 11 is 1.48. The molecule has 0 aliphatic heterocycles. The molecule has 0 bridgehead atoms. The number of carbonyl (C=O) groups is 1. The van der Waals surface area contributed by atoms with Crippen LogP contribution in [-0.2, 0) is 0 Å². The van der Waals surface area contributed by atoms with E-state index in [2.05, 4.69) is 20.8 Å². The van der Waals surface area contributed by atoms with E-state index in [1.54, 1.807) is 30.5 Å². The number of benzene rings is 2. The lowest BCUT2D eigenvalue weighted by atomic mass is 10.1. The van der Waals surface area contributed by atoms with Crippen molar-refractivity contribution in [2.45, 2.75) is 0 Å². The number of nitrogens with one attached hydrogen (secondary N) is 2. The quantitative estimate of drug-likeness (QED) is 0.443. The summed E-state index contributed by atoms with van der Waals surface area (Å²) < 4.78 is 0. The lowest BCUT2D eigenvalue weighted by molar-refractivity contribution is 0.0945. The maximum Gasteiger partial charge on any atom is 0.251 e. The molecular formula is C19H18N4O2S. The Morgan fingerprint density at radius 3 is 2.65 bits per heavy atom. The van der Waals surface area contributed by atoms with Crippen LogP contribution in [0.3, 0.4) is 0 Å². The third-order valence-corrected chi connectivity index (χ3v) is 4.26. The van der Waals surface area contributed by atoms with Crippen LogP contribution in [0.1, 0.15) is 15.9 Å². The minimum atomic E-state index is -0.211. The molecule has 3 aromatic rings. The highest BCUT2D eigenvalue weighted by molar-refractivity contribution is 7.14. The molecule has 132 valence electrons. The topological polar surface area (TPSA) is 86.6 Å². The second-order valence-electron chi connectivity index (χ2n) is 5.38. The van der Waals surface area contributed by atoms with Crippen molar-refractivity contribution in [2.75, 3.05) is 18.6 Å². The summed E-state index contributed by atoms with van der Waals surface area (Å²) in [6, 6.07) is 17.0. The van der Waals surface area contributed by atoms with E-state index in [-0.39, 0.29) is 19.1 Å². The Morgan fingerprint density at radius 2 is 1.92 bits per heavy atom. The van der Waals surface area contributed by atoms with Crippen LogP contribution >= 0.6 is 11.3 Å². The number of aliphatic hydroxyl groups excluding tert-OH is 1. The second kappa shape index (κ2) is 8.89. The van der Waals surface area contributed by atoms with Crippen molar-refractivity contribution < 1.29 is 9.90 Å². The molecule has 0 aliphatic carbocycles. The van der Waals surface area contributed by atoms with Crippen LogP contribution in [0, 0.1) is 0 Å². The van der Waals surface area contributed by atoms with E-state index in [0.29, 0.717) is 10.7 Å². The normalized spacial score (nSPS) is 10.8. The predicted octanol–water partition coefficient (Wildman–Crippen LogP) is 2.98. The number of nitrogens with zero attached hydrogens (tertiary/aromatic N) is 2. The average molecular weight is 366 g/mol. The number of aliphatic hydroxyl groups is 1. The molecule has 7 heteroatoms. The van der Waals surface area contributed by atoms with Crippen molar-refractivity contribution in [1.29, 1.82) is 0 Å². The van der Waals surface area contributed by atoms with Gasteiger partial charge in [-0.15, -0.1) is 11.3 Å². The number of carbonyl (C=O) groups excluding carboxylic acids is 1. The van der Waals surface area contributed by atoms with Gasteiger partial charge < -0.3 is 10.4 Å². The summed E-state index contributed by atoms with van der Waals surface area (Å²) in [6.07, 6.45) is 1.67. The standard InChI is InChI=1S/C19H18N4O2S/c24-11-10-20-18(25)16-8-6-14(7-9-16)12-21-23-19-22-17(13-26-19)15-4-2-1-3-5-15/h1-9,12-13,24H,10-11H2,(H,20,25)(H,22,23). The molecule has 1 heterocycles. The highest BCUT2D eigenvalue weighted by Crippen LogP contribution is 2.24. The highest BCUT2D eigenvalue weighted by Gasteiger charge is 2.04. The van der Waals surface area contributed by atoms with Crippen molar-refractivity contribution in [2.24, 2.45) is 5.10 Å². The number of anilines is 1. The lowest BCUT2D eigenvalue weighted by Crippen LogP contribution is -2.26. The van der Waals surface area contributed by atoms with Gasteiger partial charge in [0.1, 0.15) is 0 Å². The van der Waals surface area contributed by atoms with Crippen molar-refractivity contribution >= 4 is 28.6 Å². The van der Waals surface area contributed by atoms with E-state index in [1.165, 1.54) is 11.3 Å². The summed E-state index contributed by atoms with van der Waals surface area (Å²) in [6.45, 7) is 0.162. The van der Waals surface area contributed by atoms with Gasteiger partial charge in [0.05, 0.1) is 18.5 Å². The maximum absolute atomic E-state index is 11.8. The van der Waals surface area contributed by atoms with Crippen LogP contribution < -0.4 is 10.7 Å². The number of hydrazone groups is 1. The molecule has 0 atom stereocenters. The monoisotopic (exact) mass is 366 g/mol. The zero-order valence-electron chi connectivity index (χ0n) is 13.9. The fourth-order valence-corrected chi connectivity index (χ4v) is 2.89. The van der Waals surface area contributed by atoms with Crippen LogP contribution in [0.4, 0.5) is 5.13 Å². The molecule has 0 radical (unpaired) electrons. The SMILES string of the molecule is O=C(NCCO)c1ccc(C=NNc2nc(-c3ccccc3)cs2)cc1. The van der Waals surface area contributed by atoms with Crippen molar-refractivity contribution in [3.63, 3.8) is 0 Å². The molecule has 3 N–H and O–H groups in total. The van der Waals surface area contributed by atoms with Crippen molar-refractivity contribution in [1.82, 2.24) is 10.3 Å². The minimum Gasteiger partial charge on any atom is -0.395 e. The fourth-order valence-electron chi connectivity index (χ4n) is 2.22. The maximum atomic E-state index is 11.8. The van der Waals surface area contributed by atoms with E-state index >= 15 is 0 Å². The molecule has 0 aliphatic rings. The molecule has 1 amide bonds. The first kappa shape index (κ1) is 17.8. The van der Waals surface area contributed by atoms with E-state index in [4.69, 9.17) is 5.11 Å². The zero-order valence-corrected chi connectivity index (χ0v) is 14.7. The van der Waals surface area contributed by atoms with E-state index < -0.39 is 0 Å². The Morgan fingerprint density at radius 1 is 1.15 bits per heavy atom. The van der Waals surface area contributed by atoms with Crippen molar-refractivity contribution in [3.05, 3.63) is 71.1 Å². The van der Waals surface area contributed by atoms with Crippen LogP contribution in [0.15, 0.2) is 65.1 Å². The van der Waals surface area contributed by atoms with E-state index in [0.717, 1.165) is 16.8 Å². The molecule has 0 saturated heterocycles. The highest BCUT2D eigenvalue weighted by atomic mass is 32.1. The van der Waals surface area contributed by atoms with Gasteiger partial charge in [-0.3, -0.25) is 10.2 Å².